The zero-order valence-corrected chi connectivity index (χ0v) is 15.8. The van der Waals surface area contributed by atoms with Crippen molar-refractivity contribution in [3.05, 3.63) is 16.0 Å². The van der Waals surface area contributed by atoms with Crippen LogP contribution in [0, 0.1) is 5.92 Å². The molecule has 0 radical (unpaired) electrons. The van der Waals surface area contributed by atoms with Crippen LogP contribution in [0.15, 0.2) is 0 Å². The number of anilines is 1. The van der Waals surface area contributed by atoms with Gasteiger partial charge in [-0.3, -0.25) is 14.5 Å². The third-order valence-electron chi connectivity index (χ3n) is 5.93. The monoisotopic (exact) mass is 376 g/mol. The summed E-state index contributed by atoms with van der Waals surface area (Å²) in [6, 6.07) is 0.0413. The molecule has 2 fully saturated rings. The molecule has 1 saturated carbocycles. The van der Waals surface area contributed by atoms with E-state index in [2.05, 4.69) is 0 Å². The van der Waals surface area contributed by atoms with Crippen molar-refractivity contribution in [1.82, 2.24) is 4.90 Å². The second-order valence-corrected chi connectivity index (χ2v) is 8.45. The fourth-order valence-electron chi connectivity index (χ4n) is 4.77. The Bertz CT molecular complexity index is 766. The molecule has 2 N–H and O–H groups in total. The van der Waals surface area contributed by atoms with Crippen molar-refractivity contribution in [1.29, 1.82) is 0 Å². The zero-order chi connectivity index (χ0) is 18.4. The number of nitrogens with zero attached hydrogens (tertiary/aromatic N) is 1. The summed E-state index contributed by atoms with van der Waals surface area (Å²) in [5.41, 5.74) is 7.32. The van der Waals surface area contributed by atoms with Crippen LogP contribution in [0.25, 0.3) is 0 Å². The molecule has 2 aliphatic carbocycles. The normalized spacial score (nSPS) is 26.0. The van der Waals surface area contributed by atoms with Crippen molar-refractivity contribution < 1.29 is 19.1 Å². The van der Waals surface area contributed by atoms with Gasteiger partial charge in [0.25, 0.3) is 0 Å². The smallest absolute Gasteiger partial charge is 0.341 e. The molecule has 1 aliphatic heterocycles. The highest BCUT2D eigenvalue weighted by Crippen LogP contribution is 2.50. The van der Waals surface area contributed by atoms with Gasteiger partial charge in [0.15, 0.2) is 0 Å². The van der Waals surface area contributed by atoms with Crippen LogP contribution in [-0.4, -0.2) is 35.3 Å². The van der Waals surface area contributed by atoms with Crippen molar-refractivity contribution in [2.75, 3.05) is 12.3 Å². The zero-order valence-electron chi connectivity index (χ0n) is 15.0. The lowest BCUT2D eigenvalue weighted by Gasteiger charge is -2.29. The van der Waals surface area contributed by atoms with Crippen LogP contribution in [0.5, 0.6) is 0 Å². The molecule has 26 heavy (non-hydrogen) atoms. The minimum absolute atomic E-state index is 0.0257. The second-order valence-electron chi connectivity index (χ2n) is 7.37. The molecule has 1 aromatic rings. The lowest BCUT2D eigenvalue weighted by molar-refractivity contribution is -0.143. The van der Waals surface area contributed by atoms with E-state index in [4.69, 9.17) is 10.5 Å². The number of thiophene rings is 1. The highest BCUT2D eigenvalue weighted by atomic mass is 32.1. The number of carbonyl (C=O) groups is 3. The van der Waals surface area contributed by atoms with E-state index < -0.39 is 11.9 Å². The number of imide groups is 1. The number of fused-ring (bicyclic) bond motifs is 3. The van der Waals surface area contributed by atoms with Crippen LogP contribution >= 0.6 is 11.3 Å². The fraction of sp³-hybridized carbons (Fsp3) is 0.632. The number of carbonyl (C=O) groups excluding carboxylic acids is 3. The number of likely N-dealkylation sites (tertiary alicyclic amines) is 1. The molecule has 0 aromatic carbocycles. The summed E-state index contributed by atoms with van der Waals surface area (Å²) in [5.74, 6) is -1.32. The second kappa shape index (κ2) is 6.68. The average molecular weight is 376 g/mol. The third-order valence-corrected chi connectivity index (χ3v) is 7.08. The van der Waals surface area contributed by atoms with Gasteiger partial charge in [-0.2, -0.15) is 0 Å². The number of nitrogens with two attached hydrogens (primary N) is 1. The Morgan fingerprint density at radius 1 is 1.19 bits per heavy atom. The van der Waals surface area contributed by atoms with Gasteiger partial charge >= 0.3 is 5.97 Å². The summed E-state index contributed by atoms with van der Waals surface area (Å²) in [7, 11) is 0. The molecule has 0 spiro atoms. The quantitative estimate of drug-likeness (QED) is 0.647. The molecule has 4 rings (SSSR count). The third kappa shape index (κ3) is 2.55. The van der Waals surface area contributed by atoms with E-state index in [1.54, 1.807) is 11.8 Å². The van der Waals surface area contributed by atoms with Gasteiger partial charge in [-0.05, 0) is 38.2 Å². The molecule has 2 heterocycles. The average Bonchev–Trinajstić information content (AvgIpc) is 3.09. The summed E-state index contributed by atoms with van der Waals surface area (Å²) in [6.45, 7) is 2.03. The number of nitrogen functional groups attached to an aromatic ring is 1. The Labute approximate surface area is 156 Å². The fourth-order valence-corrected chi connectivity index (χ4v) is 6.03. The van der Waals surface area contributed by atoms with Crippen LogP contribution in [-0.2, 0) is 20.7 Å². The Hall–Kier alpha value is -1.89. The SMILES string of the molecule is CCOC(=O)c1c(N)sc2c1CC[C@H]1C(=O)N(C3CCCCC3)C(=O)[C@@H]21. The van der Waals surface area contributed by atoms with Gasteiger partial charge in [-0.1, -0.05) is 19.3 Å². The topological polar surface area (TPSA) is 89.7 Å². The van der Waals surface area contributed by atoms with E-state index in [9.17, 15) is 14.4 Å². The number of hydrogen-bond donors (Lipinski definition) is 1. The Kier molecular flexibility index (Phi) is 4.50. The first-order valence-electron chi connectivity index (χ1n) is 9.49. The van der Waals surface area contributed by atoms with Crippen molar-refractivity contribution in [3.8, 4) is 0 Å². The minimum Gasteiger partial charge on any atom is -0.462 e. The molecule has 140 valence electrons. The first-order chi connectivity index (χ1) is 12.5. The Morgan fingerprint density at radius 3 is 2.62 bits per heavy atom. The maximum atomic E-state index is 13.2. The van der Waals surface area contributed by atoms with Gasteiger partial charge < -0.3 is 10.5 Å². The van der Waals surface area contributed by atoms with Crippen molar-refractivity contribution in [2.24, 2.45) is 5.92 Å². The van der Waals surface area contributed by atoms with Crippen LogP contribution < -0.4 is 5.73 Å². The summed E-state index contributed by atoms with van der Waals surface area (Å²) in [5, 5.41) is 0.394. The van der Waals surface area contributed by atoms with E-state index in [-0.39, 0.29) is 30.4 Å². The predicted octanol–water partition coefficient (Wildman–Crippen LogP) is 2.85. The molecule has 1 aromatic heterocycles. The van der Waals surface area contributed by atoms with Gasteiger partial charge in [0.2, 0.25) is 11.8 Å². The van der Waals surface area contributed by atoms with Crippen molar-refractivity contribution in [2.45, 2.75) is 63.8 Å². The van der Waals surface area contributed by atoms with Gasteiger partial charge in [-0.25, -0.2) is 4.79 Å². The largest absolute Gasteiger partial charge is 0.462 e. The van der Waals surface area contributed by atoms with Crippen LogP contribution in [0.2, 0.25) is 0 Å². The summed E-state index contributed by atoms with van der Waals surface area (Å²) in [4.78, 5) is 40.8. The van der Waals surface area contributed by atoms with Crippen LogP contribution in [0.4, 0.5) is 5.00 Å². The van der Waals surface area contributed by atoms with Crippen LogP contribution in [0.3, 0.4) is 0 Å². The summed E-state index contributed by atoms with van der Waals surface area (Å²) >= 11 is 1.28. The molecule has 7 heteroatoms. The molecule has 6 nitrogen and oxygen atoms in total. The number of rotatable bonds is 3. The predicted molar refractivity (Wildman–Crippen MR) is 98.0 cm³/mol. The number of hydrogen-bond acceptors (Lipinski definition) is 6. The first-order valence-corrected chi connectivity index (χ1v) is 10.3. The van der Waals surface area contributed by atoms with E-state index in [1.807, 2.05) is 0 Å². The Balaban J connectivity index is 1.69. The maximum absolute atomic E-state index is 13.2. The van der Waals surface area contributed by atoms with E-state index in [1.165, 1.54) is 17.8 Å². The van der Waals surface area contributed by atoms with E-state index in [0.29, 0.717) is 23.4 Å². The molecular weight excluding hydrogens is 352 g/mol. The van der Waals surface area contributed by atoms with Crippen molar-refractivity contribution in [3.63, 3.8) is 0 Å². The number of amides is 2. The standard InChI is InChI=1S/C19H24N2O4S/c1-2-25-19(24)14-11-8-9-12-13(15(11)26-16(14)20)18(23)21(17(12)22)10-6-4-3-5-7-10/h10,12-13H,2-9,20H2,1H3/t12-,13-/m1/s1. The van der Waals surface area contributed by atoms with Gasteiger partial charge in [0, 0.05) is 10.9 Å². The molecule has 0 bridgehead atoms. The minimum atomic E-state index is -0.469. The molecular formula is C19H24N2O4S. The maximum Gasteiger partial charge on any atom is 0.341 e. The highest BCUT2D eigenvalue weighted by Gasteiger charge is 2.53. The lowest BCUT2D eigenvalue weighted by atomic mass is 9.80. The Morgan fingerprint density at radius 2 is 1.92 bits per heavy atom. The molecule has 2 amide bonds. The first kappa shape index (κ1) is 17.5. The highest BCUT2D eigenvalue weighted by molar-refractivity contribution is 7.16. The molecule has 3 aliphatic rings. The van der Waals surface area contributed by atoms with Gasteiger partial charge in [0.1, 0.15) is 5.00 Å². The molecule has 0 unspecified atom stereocenters. The molecule has 1 saturated heterocycles. The van der Waals surface area contributed by atoms with E-state index in [0.717, 1.165) is 36.1 Å². The number of esters is 1. The summed E-state index contributed by atoms with van der Waals surface area (Å²) < 4.78 is 5.13. The lowest BCUT2D eigenvalue weighted by Crippen LogP contribution is -2.41. The van der Waals surface area contributed by atoms with Crippen LogP contribution in [0.1, 0.15) is 72.2 Å². The summed E-state index contributed by atoms with van der Waals surface area (Å²) in [6.07, 6.45) is 6.31. The van der Waals surface area contributed by atoms with Gasteiger partial charge in [0.05, 0.1) is 24.0 Å². The van der Waals surface area contributed by atoms with Crippen molar-refractivity contribution >= 4 is 34.1 Å². The molecule has 2 atom stereocenters. The van der Waals surface area contributed by atoms with Gasteiger partial charge in [-0.15, -0.1) is 11.3 Å². The number of ether oxygens (including phenoxy) is 1. The van der Waals surface area contributed by atoms with E-state index >= 15 is 0 Å².